The van der Waals surface area contributed by atoms with Crippen LogP contribution in [-0.4, -0.2) is 58.3 Å². The third-order valence-electron chi connectivity index (χ3n) is 5.90. The fraction of sp³-hybridized carbons (Fsp3) is 0.478. The minimum Gasteiger partial charge on any atom is -0.392 e. The number of aliphatic hydroxyl groups is 1. The summed E-state index contributed by atoms with van der Waals surface area (Å²) in [5, 5.41) is 11.1. The summed E-state index contributed by atoms with van der Waals surface area (Å²) in [4.78, 5) is 14.2. The third-order valence-corrected chi connectivity index (χ3v) is 5.90. The van der Waals surface area contributed by atoms with Crippen molar-refractivity contribution in [2.24, 2.45) is 0 Å². The number of benzene rings is 1. The van der Waals surface area contributed by atoms with E-state index in [-0.39, 0.29) is 6.61 Å². The molecule has 2 aromatic heterocycles. The van der Waals surface area contributed by atoms with Crippen LogP contribution in [0.5, 0.6) is 0 Å². The van der Waals surface area contributed by atoms with Gasteiger partial charge >= 0.3 is 0 Å². The largest absolute Gasteiger partial charge is 0.392 e. The number of nitrogens with zero attached hydrogens (tertiary/aromatic N) is 5. The number of hydrogen-bond acceptors (Lipinski definition) is 5. The Hall–Kier alpha value is -2.44. The fourth-order valence-electron chi connectivity index (χ4n) is 4.33. The first-order chi connectivity index (χ1) is 14.1. The summed E-state index contributed by atoms with van der Waals surface area (Å²) in [5.41, 5.74) is 3.09. The number of para-hydroxylation sites is 1. The second-order valence-electron chi connectivity index (χ2n) is 8.34. The van der Waals surface area contributed by atoms with Gasteiger partial charge in [0, 0.05) is 55.4 Å². The predicted octanol–water partition coefficient (Wildman–Crippen LogP) is 3.18. The summed E-state index contributed by atoms with van der Waals surface area (Å²) in [5.74, 6) is 2.46. The molecule has 1 atom stereocenters. The van der Waals surface area contributed by atoms with Gasteiger partial charge in [0.1, 0.15) is 11.6 Å². The van der Waals surface area contributed by atoms with Crippen molar-refractivity contribution in [1.82, 2.24) is 19.4 Å². The number of anilines is 1. The molecule has 0 bridgehead atoms. The number of aliphatic hydroxyl groups excluding tert-OH is 1. The van der Waals surface area contributed by atoms with Crippen LogP contribution in [-0.2, 0) is 13.2 Å². The van der Waals surface area contributed by atoms with Crippen LogP contribution in [0.1, 0.15) is 35.7 Å². The molecule has 0 radical (unpaired) electrons. The average Bonchev–Trinajstić information content (AvgIpc) is 3.20. The molecule has 6 heteroatoms. The number of rotatable bonds is 6. The van der Waals surface area contributed by atoms with Crippen molar-refractivity contribution in [3.8, 4) is 0 Å². The van der Waals surface area contributed by atoms with E-state index in [4.69, 9.17) is 9.97 Å². The van der Waals surface area contributed by atoms with Gasteiger partial charge in [-0.15, -0.1) is 0 Å². The molecular weight excluding hydrogens is 362 g/mol. The van der Waals surface area contributed by atoms with Gasteiger partial charge in [0.25, 0.3) is 0 Å². The monoisotopic (exact) mass is 393 g/mol. The molecular formula is C23H31N5O. The smallest absolute Gasteiger partial charge is 0.134 e. The fourth-order valence-corrected chi connectivity index (χ4v) is 4.33. The van der Waals surface area contributed by atoms with Crippen molar-refractivity contribution in [1.29, 1.82) is 0 Å². The molecule has 1 aliphatic rings. The molecule has 4 rings (SSSR count). The second-order valence-corrected chi connectivity index (χ2v) is 8.34. The predicted molar refractivity (Wildman–Crippen MR) is 117 cm³/mol. The lowest BCUT2D eigenvalue weighted by Crippen LogP contribution is -2.36. The van der Waals surface area contributed by atoms with Crippen LogP contribution < -0.4 is 4.90 Å². The number of hydrogen-bond donors (Lipinski definition) is 1. The van der Waals surface area contributed by atoms with Crippen LogP contribution in [0.4, 0.5) is 5.82 Å². The Morgan fingerprint density at radius 3 is 2.93 bits per heavy atom. The van der Waals surface area contributed by atoms with E-state index in [1.807, 2.05) is 12.3 Å². The Bertz CT molecular complexity index is 981. The van der Waals surface area contributed by atoms with Gasteiger partial charge in [-0.05, 0) is 45.5 Å². The first-order valence-electron chi connectivity index (χ1n) is 10.5. The zero-order chi connectivity index (χ0) is 20.4. The van der Waals surface area contributed by atoms with E-state index in [1.165, 1.54) is 11.4 Å². The molecule has 154 valence electrons. The Kier molecular flexibility index (Phi) is 5.83. The maximum atomic E-state index is 10.0. The van der Waals surface area contributed by atoms with Gasteiger partial charge in [0.05, 0.1) is 12.1 Å². The quantitative estimate of drug-likeness (QED) is 0.697. The van der Waals surface area contributed by atoms with Gasteiger partial charge in [-0.1, -0.05) is 18.2 Å². The molecule has 0 aliphatic carbocycles. The first-order valence-corrected chi connectivity index (χ1v) is 10.5. The van der Waals surface area contributed by atoms with Crippen molar-refractivity contribution in [3.63, 3.8) is 0 Å². The highest BCUT2D eigenvalue weighted by Gasteiger charge is 2.27. The highest BCUT2D eigenvalue weighted by atomic mass is 16.3. The van der Waals surface area contributed by atoms with Crippen molar-refractivity contribution < 1.29 is 5.11 Å². The summed E-state index contributed by atoms with van der Waals surface area (Å²) in [6.45, 7) is 5.90. The maximum absolute atomic E-state index is 10.0. The third kappa shape index (κ3) is 4.14. The molecule has 1 aliphatic heterocycles. The van der Waals surface area contributed by atoms with Crippen LogP contribution in [0.15, 0.2) is 36.7 Å². The summed E-state index contributed by atoms with van der Waals surface area (Å²) >= 11 is 0. The van der Waals surface area contributed by atoms with Gasteiger partial charge in [-0.3, -0.25) is 0 Å². The number of aromatic nitrogens is 3. The van der Waals surface area contributed by atoms with Crippen LogP contribution in [0.25, 0.3) is 10.9 Å². The van der Waals surface area contributed by atoms with Gasteiger partial charge in [0.15, 0.2) is 0 Å². The molecule has 29 heavy (non-hydrogen) atoms. The van der Waals surface area contributed by atoms with Gasteiger partial charge in [-0.25, -0.2) is 9.97 Å². The molecule has 6 nitrogen and oxygen atoms in total. The van der Waals surface area contributed by atoms with Crippen LogP contribution in [0, 0.1) is 6.92 Å². The highest BCUT2D eigenvalue weighted by Crippen LogP contribution is 2.32. The van der Waals surface area contributed by atoms with E-state index >= 15 is 0 Å². The average molecular weight is 394 g/mol. The minimum absolute atomic E-state index is 0.00481. The molecule has 3 heterocycles. The summed E-state index contributed by atoms with van der Waals surface area (Å²) in [6, 6.07) is 8.30. The lowest BCUT2D eigenvalue weighted by atomic mass is 9.96. The molecule has 1 saturated heterocycles. The Morgan fingerprint density at radius 2 is 2.14 bits per heavy atom. The number of pyridine rings is 1. The molecule has 0 amide bonds. The zero-order valence-electron chi connectivity index (χ0n) is 17.7. The first kappa shape index (κ1) is 19.9. The van der Waals surface area contributed by atoms with Crippen molar-refractivity contribution >= 4 is 16.7 Å². The SMILES string of the molecule is Cc1cccc2cc(CO)c(N3CCC[C@@H](c4nccn4CCN(C)C)C3)nc12. The van der Waals surface area contributed by atoms with Gasteiger partial charge < -0.3 is 19.5 Å². The summed E-state index contributed by atoms with van der Waals surface area (Å²) in [6.07, 6.45) is 6.25. The molecule has 3 aromatic rings. The van der Waals surface area contributed by atoms with Crippen LogP contribution in [0.2, 0.25) is 0 Å². The molecule has 0 unspecified atom stereocenters. The minimum atomic E-state index is 0.00481. The Labute approximate surface area is 172 Å². The number of fused-ring (bicyclic) bond motifs is 1. The lowest BCUT2D eigenvalue weighted by Gasteiger charge is -2.34. The number of aryl methyl sites for hydroxylation is 1. The maximum Gasteiger partial charge on any atom is 0.134 e. The van der Waals surface area contributed by atoms with E-state index in [0.29, 0.717) is 5.92 Å². The zero-order valence-corrected chi connectivity index (χ0v) is 17.7. The summed E-state index contributed by atoms with van der Waals surface area (Å²) < 4.78 is 2.29. The van der Waals surface area contributed by atoms with E-state index in [2.05, 4.69) is 59.8 Å². The molecule has 0 spiro atoms. The molecule has 1 fully saturated rings. The van der Waals surface area contributed by atoms with Crippen molar-refractivity contribution in [2.45, 2.75) is 38.8 Å². The van der Waals surface area contributed by atoms with Crippen molar-refractivity contribution in [3.05, 3.63) is 53.6 Å². The van der Waals surface area contributed by atoms with Crippen LogP contribution in [0.3, 0.4) is 0 Å². The van der Waals surface area contributed by atoms with E-state index in [9.17, 15) is 5.11 Å². The van der Waals surface area contributed by atoms with Crippen molar-refractivity contribution in [2.75, 3.05) is 38.6 Å². The molecule has 1 N–H and O–H groups in total. The number of piperidine rings is 1. The molecule has 0 saturated carbocycles. The highest BCUT2D eigenvalue weighted by molar-refractivity contribution is 5.84. The Morgan fingerprint density at radius 1 is 1.28 bits per heavy atom. The number of likely N-dealkylation sites (N-methyl/N-ethyl adjacent to an activating group) is 1. The Balaban J connectivity index is 1.62. The van der Waals surface area contributed by atoms with Gasteiger partial charge in [0.2, 0.25) is 0 Å². The van der Waals surface area contributed by atoms with E-state index in [0.717, 1.165) is 61.3 Å². The topological polar surface area (TPSA) is 57.4 Å². The lowest BCUT2D eigenvalue weighted by molar-refractivity contribution is 0.281. The van der Waals surface area contributed by atoms with Gasteiger partial charge in [-0.2, -0.15) is 0 Å². The normalized spacial score (nSPS) is 17.4. The molecule has 1 aromatic carbocycles. The van der Waals surface area contributed by atoms with Crippen LogP contribution >= 0.6 is 0 Å². The second kappa shape index (κ2) is 8.51. The number of imidazole rings is 1. The standard InChI is InChI=1S/C23H31N5O/c1-17-6-4-7-18-14-20(16-29)23(25-21(17)18)28-10-5-8-19(15-28)22-24-9-11-27(22)13-12-26(2)3/h4,6-7,9,11,14,19,29H,5,8,10,12-13,15-16H2,1-3H3/t19-/m1/s1. The summed E-state index contributed by atoms with van der Waals surface area (Å²) in [7, 11) is 4.20. The van der Waals surface area contributed by atoms with E-state index < -0.39 is 0 Å². The van der Waals surface area contributed by atoms with E-state index in [1.54, 1.807) is 0 Å².